The van der Waals surface area contributed by atoms with Crippen LogP contribution in [0.4, 0.5) is 0 Å². The Balaban J connectivity index is 1.98. The standard InChI is InChI=1S/C16H18N4O3/c1-11-10-17-7-8-19(11)15(21)13-9-14(16(22)23)20(18-13)12-5-3-2-4-6-12/h2-6,9,11,17H,7-8,10H2,1H3,(H,22,23)/t11-/m0/s1. The molecule has 0 bridgehead atoms. The van der Waals surface area contributed by atoms with E-state index in [9.17, 15) is 14.7 Å². The molecule has 1 aromatic carbocycles. The van der Waals surface area contributed by atoms with Crippen LogP contribution in [0.5, 0.6) is 0 Å². The number of aromatic carboxylic acids is 1. The van der Waals surface area contributed by atoms with Crippen LogP contribution in [-0.2, 0) is 0 Å². The van der Waals surface area contributed by atoms with Gasteiger partial charge >= 0.3 is 5.97 Å². The lowest BCUT2D eigenvalue weighted by molar-refractivity contribution is 0.0648. The van der Waals surface area contributed by atoms with Gasteiger partial charge in [-0.05, 0) is 19.1 Å². The number of rotatable bonds is 3. The van der Waals surface area contributed by atoms with Gasteiger partial charge in [0.1, 0.15) is 0 Å². The second kappa shape index (κ2) is 6.21. The molecule has 0 unspecified atom stereocenters. The van der Waals surface area contributed by atoms with Gasteiger partial charge in [0.2, 0.25) is 0 Å². The number of para-hydroxylation sites is 1. The fourth-order valence-electron chi connectivity index (χ4n) is 2.69. The monoisotopic (exact) mass is 314 g/mol. The summed E-state index contributed by atoms with van der Waals surface area (Å²) in [6.07, 6.45) is 0. The first-order valence-electron chi connectivity index (χ1n) is 7.48. The number of carbonyl (C=O) groups excluding carboxylic acids is 1. The maximum absolute atomic E-state index is 12.7. The zero-order chi connectivity index (χ0) is 16.4. The molecule has 7 heteroatoms. The normalized spacial score (nSPS) is 18.0. The Labute approximate surface area is 133 Å². The number of carboxylic acids is 1. The van der Waals surface area contributed by atoms with Crippen LogP contribution in [-0.4, -0.2) is 57.3 Å². The largest absolute Gasteiger partial charge is 0.477 e. The van der Waals surface area contributed by atoms with Crippen LogP contribution in [0.2, 0.25) is 0 Å². The van der Waals surface area contributed by atoms with Crippen molar-refractivity contribution >= 4 is 11.9 Å². The van der Waals surface area contributed by atoms with Gasteiger partial charge < -0.3 is 15.3 Å². The van der Waals surface area contributed by atoms with Crippen LogP contribution < -0.4 is 5.32 Å². The molecule has 1 atom stereocenters. The van der Waals surface area contributed by atoms with Gasteiger partial charge in [0.25, 0.3) is 5.91 Å². The summed E-state index contributed by atoms with van der Waals surface area (Å²) in [6.45, 7) is 3.98. The van der Waals surface area contributed by atoms with Crippen molar-refractivity contribution in [2.75, 3.05) is 19.6 Å². The van der Waals surface area contributed by atoms with Gasteiger partial charge in [0, 0.05) is 31.7 Å². The Bertz CT molecular complexity index is 726. The summed E-state index contributed by atoms with van der Waals surface area (Å²) in [6, 6.07) is 10.3. The lowest BCUT2D eigenvalue weighted by Crippen LogP contribution is -2.52. The molecular formula is C16H18N4O3. The molecule has 0 radical (unpaired) electrons. The molecule has 0 spiro atoms. The maximum atomic E-state index is 12.7. The highest BCUT2D eigenvalue weighted by atomic mass is 16.4. The molecule has 2 heterocycles. The number of hydrogen-bond acceptors (Lipinski definition) is 4. The summed E-state index contributed by atoms with van der Waals surface area (Å²) >= 11 is 0. The maximum Gasteiger partial charge on any atom is 0.354 e. The molecule has 2 aromatic rings. The lowest BCUT2D eigenvalue weighted by atomic mass is 10.2. The first kappa shape index (κ1) is 15.2. The van der Waals surface area contributed by atoms with E-state index in [-0.39, 0.29) is 23.3 Å². The molecule has 1 aromatic heterocycles. The lowest BCUT2D eigenvalue weighted by Gasteiger charge is -2.33. The highest BCUT2D eigenvalue weighted by Crippen LogP contribution is 2.16. The Morgan fingerprint density at radius 2 is 2.04 bits per heavy atom. The SMILES string of the molecule is C[C@H]1CNCCN1C(=O)c1cc(C(=O)O)n(-c2ccccc2)n1. The topological polar surface area (TPSA) is 87.5 Å². The van der Waals surface area contributed by atoms with Crippen LogP contribution in [0.3, 0.4) is 0 Å². The van der Waals surface area contributed by atoms with E-state index in [1.165, 1.54) is 10.7 Å². The second-order valence-electron chi connectivity index (χ2n) is 5.52. The molecule has 120 valence electrons. The van der Waals surface area contributed by atoms with Crippen molar-refractivity contribution < 1.29 is 14.7 Å². The van der Waals surface area contributed by atoms with Crippen molar-refractivity contribution in [1.29, 1.82) is 0 Å². The summed E-state index contributed by atoms with van der Waals surface area (Å²) in [5.74, 6) is -1.36. The van der Waals surface area contributed by atoms with Crippen molar-refractivity contribution in [1.82, 2.24) is 20.0 Å². The first-order valence-corrected chi connectivity index (χ1v) is 7.48. The van der Waals surface area contributed by atoms with E-state index in [4.69, 9.17) is 0 Å². The molecule has 1 saturated heterocycles. The van der Waals surface area contributed by atoms with Gasteiger partial charge in [-0.3, -0.25) is 4.79 Å². The molecule has 0 saturated carbocycles. The van der Waals surface area contributed by atoms with E-state index in [0.29, 0.717) is 12.2 Å². The number of carbonyl (C=O) groups is 2. The summed E-state index contributed by atoms with van der Waals surface area (Å²) in [7, 11) is 0. The molecule has 0 aliphatic carbocycles. The molecule has 1 aliphatic heterocycles. The molecule has 7 nitrogen and oxygen atoms in total. The molecule has 2 N–H and O–H groups in total. The van der Waals surface area contributed by atoms with Gasteiger partial charge in [0.15, 0.2) is 11.4 Å². The minimum atomic E-state index is -1.12. The predicted octanol–water partition coefficient (Wildman–Crippen LogP) is 1.00. The summed E-state index contributed by atoms with van der Waals surface area (Å²) in [5, 5.41) is 16.8. The third kappa shape index (κ3) is 2.95. The summed E-state index contributed by atoms with van der Waals surface area (Å²) in [4.78, 5) is 25.9. The number of nitrogens with one attached hydrogen (secondary N) is 1. The number of carboxylic acid groups (broad SMARTS) is 1. The smallest absolute Gasteiger partial charge is 0.354 e. The third-order valence-electron chi connectivity index (χ3n) is 3.91. The molecule has 1 fully saturated rings. The molecule has 1 amide bonds. The Kier molecular flexibility index (Phi) is 4.12. The van der Waals surface area contributed by atoms with E-state index >= 15 is 0 Å². The predicted molar refractivity (Wildman–Crippen MR) is 83.9 cm³/mol. The minimum Gasteiger partial charge on any atom is -0.477 e. The Morgan fingerprint density at radius 1 is 1.30 bits per heavy atom. The van der Waals surface area contributed by atoms with Crippen molar-refractivity contribution in [3.8, 4) is 5.69 Å². The number of hydrogen-bond donors (Lipinski definition) is 2. The Morgan fingerprint density at radius 3 is 2.70 bits per heavy atom. The van der Waals surface area contributed by atoms with E-state index in [1.54, 1.807) is 29.2 Å². The zero-order valence-electron chi connectivity index (χ0n) is 12.8. The average molecular weight is 314 g/mol. The second-order valence-corrected chi connectivity index (χ2v) is 5.52. The van der Waals surface area contributed by atoms with E-state index in [0.717, 1.165) is 13.1 Å². The van der Waals surface area contributed by atoms with E-state index < -0.39 is 5.97 Å². The van der Waals surface area contributed by atoms with Crippen LogP contribution in [0.15, 0.2) is 36.4 Å². The summed E-state index contributed by atoms with van der Waals surface area (Å²) in [5.41, 5.74) is 0.736. The molecular weight excluding hydrogens is 296 g/mol. The van der Waals surface area contributed by atoms with Crippen LogP contribution in [0.25, 0.3) is 5.69 Å². The molecule has 1 aliphatic rings. The number of amides is 1. The van der Waals surface area contributed by atoms with E-state index in [1.807, 2.05) is 13.0 Å². The first-order chi connectivity index (χ1) is 11.1. The molecule has 23 heavy (non-hydrogen) atoms. The zero-order valence-corrected chi connectivity index (χ0v) is 12.8. The van der Waals surface area contributed by atoms with Gasteiger partial charge in [-0.15, -0.1) is 0 Å². The van der Waals surface area contributed by atoms with Crippen molar-refractivity contribution in [2.45, 2.75) is 13.0 Å². The minimum absolute atomic E-state index is 0.0256. The number of aromatic nitrogens is 2. The highest BCUT2D eigenvalue weighted by Gasteiger charge is 2.28. The van der Waals surface area contributed by atoms with Gasteiger partial charge in [0.05, 0.1) is 5.69 Å². The van der Waals surface area contributed by atoms with Crippen molar-refractivity contribution in [2.24, 2.45) is 0 Å². The number of benzene rings is 1. The van der Waals surface area contributed by atoms with Crippen molar-refractivity contribution in [3.05, 3.63) is 47.8 Å². The van der Waals surface area contributed by atoms with Crippen molar-refractivity contribution in [3.63, 3.8) is 0 Å². The summed E-state index contributed by atoms with van der Waals surface area (Å²) < 4.78 is 1.29. The molecule has 3 rings (SSSR count). The van der Waals surface area contributed by atoms with Crippen LogP contribution in [0, 0.1) is 0 Å². The van der Waals surface area contributed by atoms with Gasteiger partial charge in [-0.1, -0.05) is 18.2 Å². The quantitative estimate of drug-likeness (QED) is 0.882. The Hall–Kier alpha value is -2.67. The fraction of sp³-hybridized carbons (Fsp3) is 0.312. The highest BCUT2D eigenvalue weighted by molar-refractivity contribution is 5.96. The van der Waals surface area contributed by atoms with Gasteiger partial charge in [-0.2, -0.15) is 5.10 Å². The average Bonchev–Trinajstić information content (AvgIpc) is 3.01. The number of piperazine rings is 1. The van der Waals surface area contributed by atoms with Crippen LogP contribution >= 0.6 is 0 Å². The fourth-order valence-corrected chi connectivity index (χ4v) is 2.69. The van der Waals surface area contributed by atoms with Gasteiger partial charge in [-0.25, -0.2) is 9.48 Å². The third-order valence-corrected chi connectivity index (χ3v) is 3.91. The van der Waals surface area contributed by atoms with E-state index in [2.05, 4.69) is 10.4 Å². The number of nitrogens with zero attached hydrogens (tertiary/aromatic N) is 3. The van der Waals surface area contributed by atoms with Crippen LogP contribution in [0.1, 0.15) is 27.9 Å².